The van der Waals surface area contributed by atoms with E-state index in [1.54, 1.807) is 6.34 Å². The molecule has 0 aliphatic carbocycles. The maximum Gasteiger partial charge on any atom is 0.0834 e. The molecule has 0 aromatic heterocycles. The van der Waals surface area contributed by atoms with E-state index >= 15 is 0 Å². The Morgan fingerprint density at radius 2 is 2.30 bits per heavy atom. The Kier molecular flexibility index (Phi) is 1.79. The fraction of sp³-hybridized carbons (Fsp3) is 0.625. The summed E-state index contributed by atoms with van der Waals surface area (Å²) in [6, 6.07) is 0. The maximum atomic E-state index is 4.14. The second kappa shape index (κ2) is 2.45. The Morgan fingerprint density at radius 3 is 3.00 bits per heavy atom. The first-order valence-corrected chi connectivity index (χ1v) is 3.54. The smallest absolute Gasteiger partial charge is 0.0834 e. The van der Waals surface area contributed by atoms with Gasteiger partial charge in [-0.1, -0.05) is 11.6 Å². The van der Waals surface area contributed by atoms with Gasteiger partial charge in [0.15, 0.2) is 0 Å². The third kappa shape index (κ3) is 1.87. The lowest BCUT2D eigenvalue weighted by Crippen LogP contribution is -2.35. The maximum absolute atomic E-state index is 4.14. The molecule has 56 valence electrons. The average Bonchev–Trinajstić information content (AvgIpc) is 1.90. The Labute approximate surface area is 62.0 Å². The summed E-state index contributed by atoms with van der Waals surface area (Å²) in [7, 11) is 0. The van der Waals surface area contributed by atoms with Crippen molar-refractivity contribution in [2.24, 2.45) is 4.99 Å². The van der Waals surface area contributed by atoms with Crippen molar-refractivity contribution in [2.75, 3.05) is 6.54 Å². The average molecular weight is 138 g/mol. The lowest BCUT2D eigenvalue weighted by molar-refractivity contribution is 0.583. The van der Waals surface area contributed by atoms with Crippen LogP contribution in [0.2, 0.25) is 0 Å². The van der Waals surface area contributed by atoms with Crippen LogP contribution < -0.4 is 5.32 Å². The zero-order chi connectivity index (χ0) is 7.61. The Balaban J connectivity index is 2.79. The van der Waals surface area contributed by atoms with Crippen molar-refractivity contribution in [1.82, 2.24) is 5.32 Å². The van der Waals surface area contributed by atoms with Crippen LogP contribution in [-0.4, -0.2) is 18.4 Å². The number of hydrogen-bond acceptors (Lipinski definition) is 2. The van der Waals surface area contributed by atoms with Gasteiger partial charge in [0, 0.05) is 0 Å². The van der Waals surface area contributed by atoms with Gasteiger partial charge in [0.05, 0.1) is 18.4 Å². The predicted octanol–water partition coefficient (Wildman–Crippen LogP) is 1.34. The number of rotatable bonds is 0. The molecule has 1 aliphatic rings. The molecular weight excluding hydrogens is 124 g/mol. The summed E-state index contributed by atoms with van der Waals surface area (Å²) in [6.07, 6.45) is 3.99. The van der Waals surface area contributed by atoms with E-state index in [4.69, 9.17) is 0 Å². The first kappa shape index (κ1) is 7.32. The molecule has 0 saturated heterocycles. The molecule has 1 heterocycles. The largest absolute Gasteiger partial charge is 0.368 e. The van der Waals surface area contributed by atoms with Crippen LogP contribution in [0, 0.1) is 0 Å². The van der Waals surface area contributed by atoms with E-state index in [1.807, 2.05) is 0 Å². The molecule has 1 rings (SSSR count). The summed E-state index contributed by atoms with van der Waals surface area (Å²) >= 11 is 0. The van der Waals surface area contributed by atoms with E-state index in [0.717, 1.165) is 6.54 Å². The van der Waals surface area contributed by atoms with E-state index in [-0.39, 0.29) is 5.54 Å². The van der Waals surface area contributed by atoms with Crippen LogP contribution in [0.15, 0.2) is 16.6 Å². The molecule has 0 saturated carbocycles. The zero-order valence-corrected chi connectivity index (χ0v) is 6.81. The fourth-order valence-corrected chi connectivity index (χ4v) is 1.10. The quantitative estimate of drug-likeness (QED) is 0.502. The fourth-order valence-electron chi connectivity index (χ4n) is 1.10. The predicted molar refractivity (Wildman–Crippen MR) is 44.3 cm³/mol. The van der Waals surface area contributed by atoms with Gasteiger partial charge >= 0.3 is 0 Å². The topological polar surface area (TPSA) is 24.4 Å². The van der Waals surface area contributed by atoms with Gasteiger partial charge in [-0.3, -0.25) is 4.99 Å². The first-order valence-electron chi connectivity index (χ1n) is 3.54. The third-order valence-corrected chi connectivity index (χ3v) is 1.48. The van der Waals surface area contributed by atoms with Crippen LogP contribution in [0.1, 0.15) is 20.8 Å². The van der Waals surface area contributed by atoms with Crippen LogP contribution in [0.5, 0.6) is 0 Å². The van der Waals surface area contributed by atoms with E-state index in [9.17, 15) is 0 Å². The highest BCUT2D eigenvalue weighted by Gasteiger charge is 2.13. The summed E-state index contributed by atoms with van der Waals surface area (Å²) in [6.45, 7) is 7.20. The minimum Gasteiger partial charge on any atom is -0.368 e. The third-order valence-electron chi connectivity index (χ3n) is 1.48. The van der Waals surface area contributed by atoms with Crippen molar-refractivity contribution < 1.29 is 0 Å². The molecule has 2 nitrogen and oxygen atoms in total. The minimum absolute atomic E-state index is 0.0735. The van der Waals surface area contributed by atoms with Gasteiger partial charge in [-0.25, -0.2) is 0 Å². The highest BCUT2D eigenvalue weighted by atomic mass is 15.0. The molecule has 0 spiro atoms. The van der Waals surface area contributed by atoms with Crippen LogP contribution >= 0.6 is 0 Å². The van der Waals surface area contributed by atoms with Crippen molar-refractivity contribution >= 4 is 6.34 Å². The Morgan fingerprint density at radius 1 is 1.60 bits per heavy atom. The van der Waals surface area contributed by atoms with Gasteiger partial charge in [0.25, 0.3) is 0 Å². The molecule has 0 aromatic carbocycles. The molecule has 1 aliphatic heterocycles. The van der Waals surface area contributed by atoms with Crippen molar-refractivity contribution in [1.29, 1.82) is 0 Å². The SMILES string of the molecule is CC1=CC(C)(C)NC=NC1. The molecule has 0 radical (unpaired) electrons. The van der Waals surface area contributed by atoms with Gasteiger partial charge in [0.1, 0.15) is 0 Å². The number of aliphatic imine (C=N–C) groups is 1. The van der Waals surface area contributed by atoms with Gasteiger partial charge in [0.2, 0.25) is 0 Å². The highest BCUT2D eigenvalue weighted by molar-refractivity contribution is 5.57. The molecule has 0 fully saturated rings. The van der Waals surface area contributed by atoms with Gasteiger partial charge in [-0.2, -0.15) is 0 Å². The van der Waals surface area contributed by atoms with E-state index < -0.39 is 0 Å². The number of hydrogen-bond donors (Lipinski definition) is 1. The normalized spacial score (nSPS) is 22.9. The molecule has 0 amide bonds. The molecule has 10 heavy (non-hydrogen) atoms. The number of nitrogens with zero attached hydrogens (tertiary/aromatic N) is 1. The molecular formula is C8H14N2. The van der Waals surface area contributed by atoms with Crippen LogP contribution in [0.4, 0.5) is 0 Å². The molecule has 0 unspecified atom stereocenters. The van der Waals surface area contributed by atoms with Crippen LogP contribution in [0.3, 0.4) is 0 Å². The summed E-state index contributed by atoms with van der Waals surface area (Å²) in [4.78, 5) is 4.14. The highest BCUT2D eigenvalue weighted by Crippen LogP contribution is 2.09. The van der Waals surface area contributed by atoms with Crippen molar-refractivity contribution in [2.45, 2.75) is 26.3 Å². The van der Waals surface area contributed by atoms with Crippen molar-refractivity contribution in [3.8, 4) is 0 Å². The standard InChI is InChI=1S/C8H14N2/c1-7-4-8(2,3)10-6-9-5-7/h4,6H,5H2,1-3H3,(H,9,10). The van der Waals surface area contributed by atoms with E-state index in [1.165, 1.54) is 5.57 Å². The zero-order valence-electron chi connectivity index (χ0n) is 6.81. The van der Waals surface area contributed by atoms with E-state index in [0.29, 0.717) is 0 Å². The summed E-state index contributed by atoms with van der Waals surface area (Å²) < 4.78 is 0. The lowest BCUT2D eigenvalue weighted by atomic mass is 10.0. The Hall–Kier alpha value is -0.790. The molecule has 0 atom stereocenters. The minimum atomic E-state index is 0.0735. The second-order valence-electron chi connectivity index (χ2n) is 3.33. The van der Waals surface area contributed by atoms with E-state index in [2.05, 4.69) is 37.2 Å². The lowest BCUT2D eigenvalue weighted by Gasteiger charge is -2.19. The van der Waals surface area contributed by atoms with Crippen molar-refractivity contribution in [3.05, 3.63) is 11.6 Å². The van der Waals surface area contributed by atoms with Crippen LogP contribution in [0.25, 0.3) is 0 Å². The molecule has 1 N–H and O–H groups in total. The summed E-state index contributed by atoms with van der Waals surface area (Å²) in [5.41, 5.74) is 1.40. The Bertz CT molecular complexity index is 178. The summed E-state index contributed by atoms with van der Waals surface area (Å²) in [5.74, 6) is 0. The van der Waals surface area contributed by atoms with Gasteiger partial charge in [-0.05, 0) is 20.8 Å². The molecule has 0 aromatic rings. The molecule has 2 heteroatoms. The van der Waals surface area contributed by atoms with Gasteiger partial charge < -0.3 is 5.32 Å². The second-order valence-corrected chi connectivity index (χ2v) is 3.33. The first-order chi connectivity index (χ1) is 4.60. The van der Waals surface area contributed by atoms with Crippen molar-refractivity contribution in [3.63, 3.8) is 0 Å². The van der Waals surface area contributed by atoms with Crippen LogP contribution in [-0.2, 0) is 0 Å². The van der Waals surface area contributed by atoms with Gasteiger partial charge in [-0.15, -0.1) is 0 Å². The number of nitrogens with one attached hydrogen (secondary N) is 1. The monoisotopic (exact) mass is 138 g/mol. The molecule has 0 bridgehead atoms. The summed E-state index contributed by atoms with van der Waals surface area (Å²) in [5, 5.41) is 3.18.